The number of imide groups is 1. The van der Waals surface area contributed by atoms with Gasteiger partial charge in [0.1, 0.15) is 17.5 Å². The van der Waals surface area contributed by atoms with Crippen LogP contribution in [-0.4, -0.2) is 18.9 Å². The Morgan fingerprint density at radius 2 is 1.86 bits per heavy atom. The Bertz CT molecular complexity index is 638. The molecule has 1 aliphatic carbocycles. The van der Waals surface area contributed by atoms with Crippen LogP contribution < -0.4 is 9.64 Å². The fraction of sp³-hybridized carbons (Fsp3) is 0.438. The molecule has 0 spiro atoms. The molecule has 1 aromatic carbocycles. The molecule has 108 valence electrons. The number of hydrogen-bond donors (Lipinski definition) is 0. The summed E-state index contributed by atoms with van der Waals surface area (Å²) in [5.41, 5.74) is 0.573. The largest absolute Gasteiger partial charge is 0.495 e. The number of rotatable bonds is 2. The van der Waals surface area contributed by atoms with Gasteiger partial charge >= 0.3 is 0 Å². The van der Waals surface area contributed by atoms with Gasteiger partial charge in [0, 0.05) is 0 Å². The highest BCUT2D eigenvalue weighted by Gasteiger charge is 2.53. The van der Waals surface area contributed by atoms with E-state index in [1.807, 2.05) is 6.07 Å². The van der Waals surface area contributed by atoms with Crippen LogP contribution in [0.3, 0.4) is 0 Å². The van der Waals surface area contributed by atoms with E-state index in [2.05, 4.69) is 6.92 Å². The van der Waals surface area contributed by atoms with Crippen LogP contribution in [-0.2, 0) is 9.59 Å². The molecule has 0 N–H and O–H groups in total. The lowest BCUT2D eigenvalue weighted by atomic mass is 10.00. The summed E-state index contributed by atoms with van der Waals surface area (Å²) in [6.07, 6.45) is 1.48. The van der Waals surface area contributed by atoms with E-state index < -0.39 is 0 Å². The summed E-state index contributed by atoms with van der Waals surface area (Å²) in [7, 11) is 1.47. The molecule has 1 saturated heterocycles. The van der Waals surface area contributed by atoms with E-state index in [9.17, 15) is 14.9 Å². The van der Waals surface area contributed by atoms with E-state index in [-0.39, 0.29) is 29.2 Å². The molecule has 2 atom stereocenters. The number of hydrogen-bond acceptors (Lipinski definition) is 4. The third kappa shape index (κ3) is 1.90. The molecule has 21 heavy (non-hydrogen) atoms. The predicted molar refractivity (Wildman–Crippen MR) is 75.6 cm³/mol. The average molecular weight is 284 g/mol. The third-order valence-electron chi connectivity index (χ3n) is 4.44. The van der Waals surface area contributed by atoms with E-state index in [1.54, 1.807) is 18.2 Å². The van der Waals surface area contributed by atoms with Gasteiger partial charge < -0.3 is 4.74 Å². The molecule has 5 heteroatoms. The summed E-state index contributed by atoms with van der Waals surface area (Å²) in [4.78, 5) is 26.4. The first-order valence-corrected chi connectivity index (χ1v) is 7.03. The molecule has 2 fully saturated rings. The van der Waals surface area contributed by atoms with Crippen molar-refractivity contribution in [3.63, 3.8) is 0 Å². The van der Waals surface area contributed by atoms with Gasteiger partial charge in [0.2, 0.25) is 11.8 Å². The number of benzene rings is 1. The van der Waals surface area contributed by atoms with Crippen molar-refractivity contribution in [3.05, 3.63) is 23.8 Å². The maximum absolute atomic E-state index is 12.6. The molecular weight excluding hydrogens is 268 g/mol. The standard InChI is InChI=1S/C16H16N2O3/c1-9-6-11-12(7-9)16(20)18(15(11)19)14-10(8-17)4-3-5-13(14)21-2/h3-5,9,11-12H,6-7H2,1-2H3. The third-order valence-corrected chi connectivity index (χ3v) is 4.44. The molecule has 0 bridgehead atoms. The molecule has 2 unspecified atom stereocenters. The van der Waals surface area contributed by atoms with Crippen molar-refractivity contribution < 1.29 is 14.3 Å². The van der Waals surface area contributed by atoms with Gasteiger partial charge in [-0.2, -0.15) is 5.26 Å². The number of methoxy groups -OCH3 is 1. The zero-order valence-electron chi connectivity index (χ0n) is 12.0. The molecule has 2 aliphatic rings. The summed E-state index contributed by atoms with van der Waals surface area (Å²) in [6, 6.07) is 6.96. The molecule has 2 amide bonds. The number of para-hydroxylation sites is 1. The van der Waals surface area contributed by atoms with Gasteiger partial charge in [-0.25, -0.2) is 4.90 Å². The number of carbonyl (C=O) groups excluding carboxylic acids is 2. The van der Waals surface area contributed by atoms with Gasteiger partial charge in [-0.1, -0.05) is 13.0 Å². The number of fused-ring (bicyclic) bond motifs is 1. The summed E-state index contributed by atoms with van der Waals surface area (Å²) >= 11 is 0. The number of ether oxygens (including phenoxy) is 1. The Balaban J connectivity index is 2.09. The van der Waals surface area contributed by atoms with Crippen molar-refractivity contribution in [1.29, 1.82) is 5.26 Å². The summed E-state index contributed by atoms with van der Waals surface area (Å²) < 4.78 is 5.24. The summed E-state index contributed by atoms with van der Waals surface area (Å²) in [6.45, 7) is 2.06. The van der Waals surface area contributed by atoms with Crippen LogP contribution in [0.5, 0.6) is 5.75 Å². The maximum Gasteiger partial charge on any atom is 0.237 e. The Hall–Kier alpha value is -2.35. The molecular formula is C16H16N2O3. The number of carbonyl (C=O) groups is 2. The Kier molecular flexibility index (Phi) is 3.17. The lowest BCUT2D eigenvalue weighted by Gasteiger charge is -2.20. The normalized spacial score (nSPS) is 27.7. The van der Waals surface area contributed by atoms with Crippen LogP contribution in [0.2, 0.25) is 0 Å². The van der Waals surface area contributed by atoms with Crippen molar-refractivity contribution in [3.8, 4) is 11.8 Å². The zero-order valence-corrected chi connectivity index (χ0v) is 12.0. The Labute approximate surface area is 123 Å². The Morgan fingerprint density at radius 1 is 1.24 bits per heavy atom. The van der Waals surface area contributed by atoms with Crippen LogP contribution >= 0.6 is 0 Å². The Morgan fingerprint density at radius 3 is 2.38 bits per heavy atom. The monoisotopic (exact) mass is 284 g/mol. The van der Waals surface area contributed by atoms with E-state index in [0.717, 1.165) is 12.8 Å². The van der Waals surface area contributed by atoms with Crippen LogP contribution in [0.25, 0.3) is 0 Å². The van der Waals surface area contributed by atoms with Crippen LogP contribution in [0.1, 0.15) is 25.3 Å². The molecule has 3 rings (SSSR count). The first-order chi connectivity index (χ1) is 10.1. The van der Waals surface area contributed by atoms with E-state index in [4.69, 9.17) is 4.74 Å². The first kappa shape index (κ1) is 13.6. The minimum atomic E-state index is -0.246. The van der Waals surface area contributed by atoms with Crippen molar-refractivity contribution >= 4 is 17.5 Å². The highest BCUT2D eigenvalue weighted by Crippen LogP contribution is 2.46. The van der Waals surface area contributed by atoms with Crippen molar-refractivity contribution in [2.24, 2.45) is 17.8 Å². The first-order valence-electron chi connectivity index (χ1n) is 7.03. The van der Waals surface area contributed by atoms with Crippen LogP contribution in [0.15, 0.2) is 18.2 Å². The smallest absolute Gasteiger partial charge is 0.237 e. The molecule has 5 nitrogen and oxygen atoms in total. The van der Waals surface area contributed by atoms with E-state index in [0.29, 0.717) is 17.4 Å². The second-order valence-electron chi connectivity index (χ2n) is 5.77. The lowest BCUT2D eigenvalue weighted by Crippen LogP contribution is -2.33. The fourth-order valence-electron chi connectivity index (χ4n) is 3.51. The topological polar surface area (TPSA) is 70.4 Å². The van der Waals surface area contributed by atoms with E-state index >= 15 is 0 Å². The number of nitriles is 1. The number of anilines is 1. The van der Waals surface area contributed by atoms with Crippen molar-refractivity contribution in [2.75, 3.05) is 12.0 Å². The molecule has 0 radical (unpaired) electrons. The lowest BCUT2D eigenvalue weighted by molar-refractivity contribution is -0.123. The van der Waals surface area contributed by atoms with Crippen molar-refractivity contribution in [2.45, 2.75) is 19.8 Å². The minimum absolute atomic E-state index is 0.199. The second kappa shape index (κ2) is 4.88. The average Bonchev–Trinajstić information content (AvgIpc) is 2.97. The molecule has 1 aliphatic heterocycles. The highest BCUT2D eigenvalue weighted by molar-refractivity contribution is 6.23. The quantitative estimate of drug-likeness (QED) is 0.780. The van der Waals surface area contributed by atoms with Gasteiger partial charge in [0.15, 0.2) is 0 Å². The van der Waals surface area contributed by atoms with Gasteiger partial charge in [0.25, 0.3) is 0 Å². The SMILES string of the molecule is COc1cccc(C#N)c1N1C(=O)C2CC(C)CC2C1=O. The van der Waals surface area contributed by atoms with Crippen molar-refractivity contribution in [1.82, 2.24) is 0 Å². The summed E-state index contributed by atoms with van der Waals surface area (Å²) in [5.74, 6) is -0.120. The fourth-order valence-corrected chi connectivity index (χ4v) is 3.51. The molecule has 0 aromatic heterocycles. The van der Waals surface area contributed by atoms with Gasteiger partial charge in [-0.3, -0.25) is 9.59 Å². The molecule has 1 heterocycles. The predicted octanol–water partition coefficient (Wildman–Crippen LogP) is 2.10. The van der Waals surface area contributed by atoms with Gasteiger partial charge in [0.05, 0.1) is 24.5 Å². The highest BCUT2D eigenvalue weighted by atomic mass is 16.5. The summed E-state index contributed by atoms with van der Waals surface area (Å²) in [5, 5.41) is 9.26. The second-order valence-corrected chi connectivity index (χ2v) is 5.77. The number of nitrogens with zero attached hydrogens (tertiary/aromatic N) is 2. The van der Waals surface area contributed by atoms with Crippen LogP contribution in [0.4, 0.5) is 5.69 Å². The molecule has 1 saturated carbocycles. The molecule has 1 aromatic rings. The zero-order chi connectivity index (χ0) is 15.1. The van der Waals surface area contributed by atoms with Gasteiger partial charge in [-0.05, 0) is 30.9 Å². The minimum Gasteiger partial charge on any atom is -0.495 e. The van der Waals surface area contributed by atoms with E-state index in [1.165, 1.54) is 12.0 Å². The number of amides is 2. The van der Waals surface area contributed by atoms with Crippen LogP contribution in [0, 0.1) is 29.1 Å². The maximum atomic E-state index is 12.6. The van der Waals surface area contributed by atoms with Gasteiger partial charge in [-0.15, -0.1) is 0 Å².